The molecule has 7 nitrogen and oxygen atoms in total. The molecule has 0 unspecified atom stereocenters. The Kier molecular flexibility index (Phi) is 4.15. The molecule has 1 saturated heterocycles. The fourth-order valence-corrected chi connectivity index (χ4v) is 2.92. The first-order valence-corrected chi connectivity index (χ1v) is 7.55. The van der Waals surface area contributed by atoms with Crippen LogP contribution in [0.3, 0.4) is 0 Å². The Bertz CT molecular complexity index is 639. The molecule has 1 aromatic carbocycles. The minimum Gasteiger partial charge on any atom is -0.325 e. The zero-order valence-electron chi connectivity index (χ0n) is 12.8. The number of aromatic nitrogens is 4. The van der Waals surface area contributed by atoms with Crippen LogP contribution in [0.4, 0.5) is 5.69 Å². The number of carbonyl (C=O) groups is 1. The highest BCUT2D eigenvalue weighted by atomic mass is 16.2. The Hall–Kier alpha value is -2.28. The SMILES string of the molecule is CC(C)N1CCC[C@H]1C(=O)Nc1cccc(-n2cnnn2)c1. The van der Waals surface area contributed by atoms with Crippen LogP contribution in [0.15, 0.2) is 30.6 Å². The van der Waals surface area contributed by atoms with E-state index in [-0.39, 0.29) is 11.9 Å². The molecular formula is C15H20N6O. The number of amides is 1. The third-order valence-corrected chi connectivity index (χ3v) is 3.99. The van der Waals surface area contributed by atoms with Gasteiger partial charge in [-0.25, -0.2) is 4.68 Å². The van der Waals surface area contributed by atoms with Crippen molar-refractivity contribution >= 4 is 11.6 Å². The zero-order valence-corrected chi connectivity index (χ0v) is 12.8. The lowest BCUT2D eigenvalue weighted by molar-refractivity contribution is -0.120. The van der Waals surface area contributed by atoms with E-state index >= 15 is 0 Å². The number of nitrogens with zero attached hydrogens (tertiary/aromatic N) is 5. The number of hydrogen-bond donors (Lipinski definition) is 1. The van der Waals surface area contributed by atoms with Gasteiger partial charge in [0.25, 0.3) is 0 Å². The molecule has 3 rings (SSSR count). The van der Waals surface area contributed by atoms with Crippen molar-refractivity contribution in [1.29, 1.82) is 0 Å². The van der Waals surface area contributed by atoms with Gasteiger partial charge in [-0.15, -0.1) is 5.10 Å². The van der Waals surface area contributed by atoms with Crippen molar-refractivity contribution in [3.05, 3.63) is 30.6 Å². The summed E-state index contributed by atoms with van der Waals surface area (Å²) in [4.78, 5) is 14.8. The maximum atomic E-state index is 12.5. The molecule has 2 heterocycles. The number of nitrogens with one attached hydrogen (secondary N) is 1. The van der Waals surface area contributed by atoms with Crippen LogP contribution in [-0.2, 0) is 4.79 Å². The molecular weight excluding hydrogens is 280 g/mol. The lowest BCUT2D eigenvalue weighted by atomic mass is 10.1. The molecule has 1 N–H and O–H groups in total. The predicted octanol–water partition coefficient (Wildman–Crippen LogP) is 1.47. The molecule has 1 aliphatic rings. The maximum Gasteiger partial charge on any atom is 0.241 e. The first-order valence-electron chi connectivity index (χ1n) is 7.55. The second-order valence-electron chi connectivity index (χ2n) is 5.78. The van der Waals surface area contributed by atoms with Crippen LogP contribution >= 0.6 is 0 Å². The van der Waals surface area contributed by atoms with Gasteiger partial charge < -0.3 is 5.32 Å². The predicted molar refractivity (Wildman–Crippen MR) is 82.6 cm³/mol. The van der Waals surface area contributed by atoms with Crippen LogP contribution in [0, 0.1) is 0 Å². The molecule has 2 aromatic rings. The average molecular weight is 300 g/mol. The van der Waals surface area contributed by atoms with Crippen LogP contribution in [0.2, 0.25) is 0 Å². The van der Waals surface area contributed by atoms with E-state index in [2.05, 4.69) is 39.6 Å². The third-order valence-electron chi connectivity index (χ3n) is 3.99. The summed E-state index contributed by atoms with van der Waals surface area (Å²) in [5.41, 5.74) is 1.57. The van der Waals surface area contributed by atoms with E-state index in [1.807, 2.05) is 24.3 Å². The quantitative estimate of drug-likeness (QED) is 0.925. The number of likely N-dealkylation sites (tertiary alicyclic amines) is 1. The van der Waals surface area contributed by atoms with Crippen molar-refractivity contribution < 1.29 is 4.79 Å². The summed E-state index contributed by atoms with van der Waals surface area (Å²) < 4.78 is 1.56. The van der Waals surface area contributed by atoms with Crippen LogP contribution in [0.25, 0.3) is 5.69 Å². The van der Waals surface area contributed by atoms with Crippen LogP contribution in [-0.4, -0.2) is 49.6 Å². The first-order chi connectivity index (χ1) is 10.6. The van der Waals surface area contributed by atoms with Gasteiger partial charge in [0.1, 0.15) is 6.33 Å². The third kappa shape index (κ3) is 2.99. The molecule has 1 amide bonds. The highest BCUT2D eigenvalue weighted by molar-refractivity contribution is 5.95. The van der Waals surface area contributed by atoms with Crippen molar-refractivity contribution in [3.8, 4) is 5.69 Å². The Labute approximate surface area is 129 Å². The summed E-state index contributed by atoms with van der Waals surface area (Å²) in [6.45, 7) is 5.24. The van der Waals surface area contributed by atoms with Crippen molar-refractivity contribution in [2.24, 2.45) is 0 Å². The fourth-order valence-electron chi connectivity index (χ4n) is 2.92. The second kappa shape index (κ2) is 6.23. The van der Waals surface area contributed by atoms with E-state index in [0.29, 0.717) is 6.04 Å². The van der Waals surface area contributed by atoms with Gasteiger partial charge in [0.05, 0.1) is 11.7 Å². The van der Waals surface area contributed by atoms with E-state index in [1.165, 1.54) is 6.33 Å². The normalized spacial score (nSPS) is 18.8. The van der Waals surface area contributed by atoms with Crippen molar-refractivity contribution in [3.63, 3.8) is 0 Å². The van der Waals surface area contributed by atoms with Crippen LogP contribution in [0.1, 0.15) is 26.7 Å². The van der Waals surface area contributed by atoms with Crippen molar-refractivity contribution in [2.45, 2.75) is 38.8 Å². The summed E-state index contributed by atoms with van der Waals surface area (Å²) in [7, 11) is 0. The van der Waals surface area contributed by atoms with E-state index < -0.39 is 0 Å². The number of benzene rings is 1. The summed E-state index contributed by atoms with van der Waals surface area (Å²) in [6, 6.07) is 7.84. The number of rotatable bonds is 4. The summed E-state index contributed by atoms with van der Waals surface area (Å²) in [5.74, 6) is 0.0556. The molecule has 1 aromatic heterocycles. The second-order valence-corrected chi connectivity index (χ2v) is 5.78. The van der Waals surface area contributed by atoms with Crippen LogP contribution in [0.5, 0.6) is 0 Å². The van der Waals surface area contributed by atoms with Crippen molar-refractivity contribution in [2.75, 3.05) is 11.9 Å². The highest BCUT2D eigenvalue weighted by Gasteiger charge is 2.32. The number of carbonyl (C=O) groups excluding carboxylic acids is 1. The van der Waals surface area contributed by atoms with E-state index in [9.17, 15) is 4.79 Å². The molecule has 1 fully saturated rings. The van der Waals surface area contributed by atoms with Gasteiger partial charge in [-0.1, -0.05) is 6.07 Å². The van der Waals surface area contributed by atoms with E-state index in [1.54, 1.807) is 4.68 Å². The minimum atomic E-state index is -0.0447. The van der Waals surface area contributed by atoms with Gasteiger partial charge in [0.15, 0.2) is 0 Å². The van der Waals surface area contributed by atoms with Gasteiger partial charge >= 0.3 is 0 Å². The highest BCUT2D eigenvalue weighted by Crippen LogP contribution is 2.22. The molecule has 0 aliphatic carbocycles. The molecule has 1 atom stereocenters. The van der Waals surface area contributed by atoms with E-state index in [4.69, 9.17) is 0 Å². The monoisotopic (exact) mass is 300 g/mol. The van der Waals surface area contributed by atoms with Gasteiger partial charge in [-0.05, 0) is 61.9 Å². The Balaban J connectivity index is 1.73. The van der Waals surface area contributed by atoms with Crippen LogP contribution < -0.4 is 5.32 Å². The number of hydrogen-bond acceptors (Lipinski definition) is 5. The van der Waals surface area contributed by atoms with Gasteiger partial charge in [-0.3, -0.25) is 9.69 Å². The summed E-state index contributed by atoms with van der Waals surface area (Å²) in [5, 5.41) is 14.1. The molecule has 0 saturated carbocycles. The largest absolute Gasteiger partial charge is 0.325 e. The smallest absolute Gasteiger partial charge is 0.241 e. The topological polar surface area (TPSA) is 75.9 Å². The van der Waals surface area contributed by atoms with Crippen molar-refractivity contribution in [1.82, 2.24) is 25.1 Å². The minimum absolute atomic E-state index is 0.0447. The molecule has 7 heteroatoms. The molecule has 0 bridgehead atoms. The molecule has 0 radical (unpaired) electrons. The van der Waals surface area contributed by atoms with Gasteiger partial charge in [-0.2, -0.15) is 0 Å². The molecule has 116 valence electrons. The van der Waals surface area contributed by atoms with Gasteiger partial charge in [0, 0.05) is 11.7 Å². The fraction of sp³-hybridized carbons (Fsp3) is 0.467. The molecule has 22 heavy (non-hydrogen) atoms. The zero-order chi connectivity index (χ0) is 15.5. The summed E-state index contributed by atoms with van der Waals surface area (Å²) in [6.07, 6.45) is 3.51. The molecule has 1 aliphatic heterocycles. The Morgan fingerprint density at radius 2 is 2.27 bits per heavy atom. The van der Waals surface area contributed by atoms with Gasteiger partial charge in [0.2, 0.25) is 5.91 Å². The first kappa shape index (κ1) is 14.6. The number of tetrazole rings is 1. The van der Waals surface area contributed by atoms with E-state index in [0.717, 1.165) is 30.8 Å². The Morgan fingerprint density at radius 3 is 3.00 bits per heavy atom. The maximum absolute atomic E-state index is 12.5. The average Bonchev–Trinajstić information content (AvgIpc) is 3.19. The lowest BCUT2D eigenvalue weighted by Gasteiger charge is -2.27. The standard InChI is InChI=1S/C15H20N6O/c1-11(2)20-8-4-7-14(20)15(22)17-12-5-3-6-13(9-12)21-10-16-18-19-21/h3,5-6,9-11,14H,4,7-8H2,1-2H3,(H,17,22)/t14-/m0/s1. The Morgan fingerprint density at radius 1 is 1.41 bits per heavy atom. The summed E-state index contributed by atoms with van der Waals surface area (Å²) >= 11 is 0. The number of anilines is 1. The lowest BCUT2D eigenvalue weighted by Crippen LogP contribution is -2.43. The molecule has 0 spiro atoms.